The Labute approximate surface area is 190 Å². The predicted molar refractivity (Wildman–Crippen MR) is 121 cm³/mol. The zero-order valence-electron chi connectivity index (χ0n) is 17.1. The minimum absolute atomic E-state index is 0.0232. The molecule has 9 heteroatoms. The molecule has 0 saturated carbocycles. The summed E-state index contributed by atoms with van der Waals surface area (Å²) in [5, 5.41) is 9.95. The van der Waals surface area contributed by atoms with E-state index in [0.29, 0.717) is 42.2 Å². The Kier molecular flexibility index (Phi) is 6.58. The van der Waals surface area contributed by atoms with E-state index in [-0.39, 0.29) is 17.6 Å². The third-order valence-electron chi connectivity index (χ3n) is 5.16. The molecule has 4 rings (SSSR count). The summed E-state index contributed by atoms with van der Waals surface area (Å²) in [4.78, 5) is 27.8. The van der Waals surface area contributed by atoms with Gasteiger partial charge in [0, 0.05) is 44.4 Å². The van der Waals surface area contributed by atoms with Crippen molar-refractivity contribution in [1.29, 1.82) is 0 Å². The van der Waals surface area contributed by atoms with Gasteiger partial charge in [0.25, 0.3) is 0 Å². The zero-order chi connectivity index (χ0) is 21.8. The van der Waals surface area contributed by atoms with Crippen molar-refractivity contribution >= 4 is 35.2 Å². The van der Waals surface area contributed by atoms with Crippen LogP contribution in [0.3, 0.4) is 0 Å². The zero-order valence-corrected chi connectivity index (χ0v) is 18.6. The summed E-state index contributed by atoms with van der Waals surface area (Å²) in [5.41, 5.74) is 1.67. The maximum atomic E-state index is 12.7. The molecule has 31 heavy (non-hydrogen) atoms. The van der Waals surface area contributed by atoms with Gasteiger partial charge in [-0.15, -0.1) is 10.2 Å². The number of rotatable bonds is 5. The highest BCUT2D eigenvalue weighted by Crippen LogP contribution is 2.31. The first kappa shape index (κ1) is 21.4. The van der Waals surface area contributed by atoms with E-state index < -0.39 is 0 Å². The number of amides is 2. The summed E-state index contributed by atoms with van der Waals surface area (Å²) in [6, 6.07) is 17.3. The van der Waals surface area contributed by atoms with Gasteiger partial charge < -0.3 is 9.80 Å². The van der Waals surface area contributed by atoms with E-state index >= 15 is 0 Å². The number of thioether (sulfide) groups is 1. The van der Waals surface area contributed by atoms with Gasteiger partial charge in [0.1, 0.15) is 0 Å². The second-order valence-electron chi connectivity index (χ2n) is 7.13. The van der Waals surface area contributed by atoms with Crippen LogP contribution in [0.25, 0.3) is 17.1 Å². The predicted octanol–water partition coefficient (Wildman–Crippen LogP) is 3.37. The summed E-state index contributed by atoms with van der Waals surface area (Å²) in [5.74, 6) is 0.939. The molecule has 2 aromatic carbocycles. The smallest absolute Gasteiger partial charge is 0.233 e. The topological polar surface area (TPSA) is 71.3 Å². The molecule has 1 aliphatic rings. The van der Waals surface area contributed by atoms with Crippen molar-refractivity contribution in [2.45, 2.75) is 12.1 Å². The van der Waals surface area contributed by atoms with Crippen LogP contribution in [-0.2, 0) is 9.59 Å². The number of halogens is 1. The van der Waals surface area contributed by atoms with Crippen LogP contribution in [0.15, 0.2) is 59.8 Å². The quantitative estimate of drug-likeness (QED) is 0.551. The van der Waals surface area contributed by atoms with E-state index in [0.717, 1.165) is 11.3 Å². The average Bonchev–Trinajstić information content (AvgIpc) is 3.22. The standard InChI is InChI=1S/C22H22ClN5O2S/c1-16(29)26-11-13-27(14-12-26)20(30)15-31-22-25-24-21(18-9-5-6-10-19(18)23)28(22)17-7-3-2-4-8-17/h2-10H,11-15H2,1H3. The largest absolute Gasteiger partial charge is 0.339 e. The van der Waals surface area contributed by atoms with Gasteiger partial charge in [-0.05, 0) is 24.3 Å². The molecule has 0 atom stereocenters. The third kappa shape index (κ3) is 4.75. The Morgan fingerprint density at radius 3 is 2.26 bits per heavy atom. The Bertz CT molecular complexity index is 1080. The molecular weight excluding hydrogens is 434 g/mol. The number of carbonyl (C=O) groups is 2. The first-order valence-corrected chi connectivity index (χ1v) is 11.3. The number of aromatic nitrogens is 3. The van der Waals surface area contributed by atoms with E-state index in [1.165, 1.54) is 11.8 Å². The molecule has 0 unspecified atom stereocenters. The summed E-state index contributed by atoms with van der Waals surface area (Å²) in [7, 11) is 0. The summed E-state index contributed by atoms with van der Waals surface area (Å²) in [6.07, 6.45) is 0. The van der Waals surface area contributed by atoms with Gasteiger partial charge in [0.2, 0.25) is 11.8 Å². The number of hydrogen-bond donors (Lipinski definition) is 0. The molecule has 3 aromatic rings. The number of piperazine rings is 1. The van der Waals surface area contributed by atoms with Crippen molar-refractivity contribution in [3.63, 3.8) is 0 Å². The Morgan fingerprint density at radius 2 is 1.58 bits per heavy atom. The molecule has 160 valence electrons. The van der Waals surface area contributed by atoms with Crippen molar-refractivity contribution in [1.82, 2.24) is 24.6 Å². The Hall–Kier alpha value is -2.84. The number of benzene rings is 2. The molecule has 1 aliphatic heterocycles. The van der Waals surface area contributed by atoms with Gasteiger partial charge in [-0.1, -0.05) is 53.7 Å². The molecule has 0 spiro atoms. The lowest BCUT2D eigenvalue weighted by atomic mass is 10.2. The van der Waals surface area contributed by atoms with Crippen molar-refractivity contribution in [2.75, 3.05) is 31.9 Å². The number of hydrogen-bond acceptors (Lipinski definition) is 5. The van der Waals surface area contributed by atoms with Crippen LogP contribution in [0.5, 0.6) is 0 Å². The van der Waals surface area contributed by atoms with Crippen LogP contribution in [0.2, 0.25) is 5.02 Å². The van der Waals surface area contributed by atoms with Crippen LogP contribution < -0.4 is 0 Å². The Balaban J connectivity index is 1.55. The van der Waals surface area contributed by atoms with E-state index in [9.17, 15) is 9.59 Å². The molecule has 7 nitrogen and oxygen atoms in total. The van der Waals surface area contributed by atoms with E-state index in [4.69, 9.17) is 11.6 Å². The van der Waals surface area contributed by atoms with Gasteiger partial charge in [-0.25, -0.2) is 0 Å². The van der Waals surface area contributed by atoms with Gasteiger partial charge in [-0.2, -0.15) is 0 Å². The normalized spacial score (nSPS) is 14.0. The highest BCUT2D eigenvalue weighted by molar-refractivity contribution is 7.99. The van der Waals surface area contributed by atoms with Crippen molar-refractivity contribution < 1.29 is 9.59 Å². The van der Waals surface area contributed by atoms with Crippen LogP contribution in [0.4, 0.5) is 0 Å². The molecule has 2 heterocycles. The lowest BCUT2D eigenvalue weighted by Crippen LogP contribution is -2.50. The molecular formula is C22H22ClN5O2S. The molecule has 0 bridgehead atoms. The number of carbonyl (C=O) groups excluding carboxylic acids is 2. The minimum atomic E-state index is 0.0232. The van der Waals surface area contributed by atoms with Crippen molar-refractivity contribution in [2.24, 2.45) is 0 Å². The fourth-order valence-corrected chi connectivity index (χ4v) is 4.55. The third-order valence-corrected chi connectivity index (χ3v) is 6.41. The molecule has 0 aliphatic carbocycles. The van der Waals surface area contributed by atoms with Crippen molar-refractivity contribution in [3.8, 4) is 17.1 Å². The van der Waals surface area contributed by atoms with Gasteiger partial charge in [0.05, 0.1) is 10.8 Å². The molecule has 1 saturated heterocycles. The fourth-order valence-electron chi connectivity index (χ4n) is 3.48. The van der Waals surface area contributed by atoms with Crippen LogP contribution >= 0.6 is 23.4 Å². The monoisotopic (exact) mass is 455 g/mol. The highest BCUT2D eigenvalue weighted by Gasteiger charge is 2.24. The summed E-state index contributed by atoms with van der Waals surface area (Å²) >= 11 is 7.76. The highest BCUT2D eigenvalue weighted by atomic mass is 35.5. The lowest BCUT2D eigenvalue weighted by molar-refractivity contribution is -0.136. The maximum Gasteiger partial charge on any atom is 0.233 e. The lowest BCUT2D eigenvalue weighted by Gasteiger charge is -2.34. The van der Waals surface area contributed by atoms with E-state index in [1.54, 1.807) is 16.7 Å². The summed E-state index contributed by atoms with van der Waals surface area (Å²) in [6.45, 7) is 3.80. The first-order chi connectivity index (χ1) is 15.0. The van der Waals surface area contributed by atoms with Gasteiger partial charge in [-0.3, -0.25) is 14.2 Å². The fraction of sp³-hybridized carbons (Fsp3) is 0.273. The molecule has 1 aromatic heterocycles. The molecule has 1 fully saturated rings. The minimum Gasteiger partial charge on any atom is -0.339 e. The SMILES string of the molecule is CC(=O)N1CCN(C(=O)CSc2nnc(-c3ccccc3Cl)n2-c2ccccc2)CC1. The van der Waals surface area contributed by atoms with Gasteiger partial charge in [0.15, 0.2) is 11.0 Å². The molecule has 0 radical (unpaired) electrons. The number of para-hydroxylation sites is 1. The first-order valence-electron chi connectivity index (χ1n) is 9.96. The maximum absolute atomic E-state index is 12.7. The van der Waals surface area contributed by atoms with Crippen LogP contribution in [0, 0.1) is 0 Å². The molecule has 2 amide bonds. The van der Waals surface area contributed by atoms with Crippen LogP contribution in [0.1, 0.15) is 6.92 Å². The van der Waals surface area contributed by atoms with E-state index in [1.807, 2.05) is 59.2 Å². The second-order valence-corrected chi connectivity index (χ2v) is 8.48. The average molecular weight is 456 g/mol. The second kappa shape index (κ2) is 9.53. The van der Waals surface area contributed by atoms with Crippen molar-refractivity contribution in [3.05, 3.63) is 59.6 Å². The molecule has 0 N–H and O–H groups in total. The summed E-state index contributed by atoms with van der Waals surface area (Å²) < 4.78 is 1.92. The van der Waals surface area contributed by atoms with Gasteiger partial charge >= 0.3 is 0 Å². The van der Waals surface area contributed by atoms with Crippen LogP contribution in [-0.4, -0.2) is 68.3 Å². The van der Waals surface area contributed by atoms with E-state index in [2.05, 4.69) is 10.2 Å². The Morgan fingerprint density at radius 1 is 0.935 bits per heavy atom. The number of nitrogens with zero attached hydrogens (tertiary/aromatic N) is 5.